The monoisotopic (exact) mass is 206 g/mol. The van der Waals surface area contributed by atoms with Gasteiger partial charge in [0.15, 0.2) is 5.78 Å². The van der Waals surface area contributed by atoms with Crippen molar-refractivity contribution < 1.29 is 9.53 Å². The summed E-state index contributed by atoms with van der Waals surface area (Å²) >= 11 is 0. The number of hydrogen-bond acceptors (Lipinski definition) is 2. The van der Waals surface area contributed by atoms with Gasteiger partial charge < -0.3 is 4.74 Å². The Balaban J connectivity index is 3.10. The quantitative estimate of drug-likeness (QED) is 0.706. The third-order valence-electron chi connectivity index (χ3n) is 2.52. The molecule has 1 rings (SSSR count). The molecule has 1 aromatic carbocycles. The van der Waals surface area contributed by atoms with Gasteiger partial charge in [0.05, 0.1) is 7.11 Å². The Kier molecular flexibility index (Phi) is 3.89. The van der Waals surface area contributed by atoms with E-state index in [2.05, 4.69) is 0 Å². The molecule has 0 aliphatic rings. The molecule has 82 valence electrons. The number of aryl methyl sites for hydroxylation is 2. The van der Waals surface area contributed by atoms with Crippen LogP contribution >= 0.6 is 0 Å². The van der Waals surface area contributed by atoms with E-state index < -0.39 is 0 Å². The van der Waals surface area contributed by atoms with E-state index >= 15 is 0 Å². The second-order valence-electron chi connectivity index (χ2n) is 3.81. The molecule has 0 heterocycles. The molecule has 0 aromatic heterocycles. The Morgan fingerprint density at radius 2 is 1.93 bits per heavy atom. The summed E-state index contributed by atoms with van der Waals surface area (Å²) < 4.78 is 5.21. The number of rotatable bonds is 4. The Labute approximate surface area is 91.3 Å². The van der Waals surface area contributed by atoms with E-state index in [1.807, 2.05) is 32.9 Å². The lowest BCUT2D eigenvalue weighted by atomic mass is 9.99. The Morgan fingerprint density at radius 3 is 2.47 bits per heavy atom. The molecule has 0 radical (unpaired) electrons. The highest BCUT2D eigenvalue weighted by molar-refractivity contribution is 5.97. The third kappa shape index (κ3) is 2.58. The molecule has 0 fully saturated rings. The van der Waals surface area contributed by atoms with Crippen LogP contribution in [0.5, 0.6) is 5.75 Å². The summed E-state index contributed by atoms with van der Waals surface area (Å²) in [7, 11) is 1.65. The van der Waals surface area contributed by atoms with E-state index in [-0.39, 0.29) is 5.78 Å². The van der Waals surface area contributed by atoms with Gasteiger partial charge in [-0.3, -0.25) is 4.79 Å². The molecule has 0 aliphatic carbocycles. The number of carbonyl (C=O) groups is 1. The van der Waals surface area contributed by atoms with Crippen molar-refractivity contribution in [2.75, 3.05) is 7.11 Å². The molecule has 0 N–H and O–H groups in total. The molecular weight excluding hydrogens is 188 g/mol. The van der Waals surface area contributed by atoms with E-state index in [9.17, 15) is 4.79 Å². The predicted octanol–water partition coefficient (Wildman–Crippen LogP) is 3.29. The van der Waals surface area contributed by atoms with Crippen LogP contribution in [-0.4, -0.2) is 12.9 Å². The van der Waals surface area contributed by atoms with Crippen molar-refractivity contribution in [2.45, 2.75) is 33.6 Å². The fraction of sp³-hybridized carbons (Fsp3) is 0.462. The number of benzene rings is 1. The van der Waals surface area contributed by atoms with Gasteiger partial charge in [0, 0.05) is 12.0 Å². The van der Waals surface area contributed by atoms with Gasteiger partial charge in [0.1, 0.15) is 5.75 Å². The number of carbonyl (C=O) groups excluding carboxylic acids is 1. The Bertz CT molecular complexity index is 367. The van der Waals surface area contributed by atoms with E-state index in [0.717, 1.165) is 28.9 Å². The molecule has 0 atom stereocenters. The average Bonchev–Trinajstić information content (AvgIpc) is 2.21. The summed E-state index contributed by atoms with van der Waals surface area (Å²) in [5.74, 6) is 1.07. The van der Waals surface area contributed by atoms with Crippen LogP contribution in [0.15, 0.2) is 12.1 Å². The van der Waals surface area contributed by atoms with E-state index in [4.69, 9.17) is 4.74 Å². The number of Topliss-reactive ketones (excluding diaryl/α,β-unsaturated/α-hetero) is 1. The highest BCUT2D eigenvalue weighted by Gasteiger charge is 2.10. The summed E-state index contributed by atoms with van der Waals surface area (Å²) in [4.78, 5) is 11.8. The van der Waals surface area contributed by atoms with Crippen molar-refractivity contribution in [3.05, 3.63) is 28.8 Å². The highest BCUT2D eigenvalue weighted by atomic mass is 16.5. The van der Waals surface area contributed by atoms with Gasteiger partial charge in [-0.15, -0.1) is 0 Å². The minimum absolute atomic E-state index is 0.223. The lowest BCUT2D eigenvalue weighted by Gasteiger charge is -2.10. The first-order valence-electron chi connectivity index (χ1n) is 5.28. The summed E-state index contributed by atoms with van der Waals surface area (Å²) in [6, 6.07) is 3.85. The molecule has 2 heteroatoms. The number of ether oxygens (including phenoxy) is 1. The van der Waals surface area contributed by atoms with Crippen LogP contribution < -0.4 is 4.74 Å². The summed E-state index contributed by atoms with van der Waals surface area (Å²) in [6.07, 6.45) is 1.51. The second-order valence-corrected chi connectivity index (χ2v) is 3.81. The lowest BCUT2D eigenvalue weighted by Crippen LogP contribution is -2.02. The minimum atomic E-state index is 0.223. The van der Waals surface area contributed by atoms with Crippen LogP contribution in [0.1, 0.15) is 41.3 Å². The number of hydrogen-bond donors (Lipinski definition) is 0. The van der Waals surface area contributed by atoms with Crippen molar-refractivity contribution in [1.29, 1.82) is 0 Å². The molecule has 0 aliphatic heterocycles. The summed E-state index contributed by atoms with van der Waals surface area (Å²) in [6.45, 7) is 5.93. The van der Waals surface area contributed by atoms with Gasteiger partial charge in [-0.1, -0.05) is 6.92 Å². The molecular formula is C13H18O2. The van der Waals surface area contributed by atoms with E-state index in [1.165, 1.54) is 0 Å². The summed E-state index contributed by atoms with van der Waals surface area (Å²) in [5.41, 5.74) is 2.84. The van der Waals surface area contributed by atoms with E-state index in [1.54, 1.807) is 7.11 Å². The topological polar surface area (TPSA) is 26.3 Å². The normalized spacial score (nSPS) is 10.1. The molecule has 15 heavy (non-hydrogen) atoms. The van der Waals surface area contributed by atoms with Crippen LogP contribution in [0.3, 0.4) is 0 Å². The fourth-order valence-electron chi connectivity index (χ4n) is 1.67. The first-order valence-corrected chi connectivity index (χ1v) is 5.28. The smallest absolute Gasteiger partial charge is 0.163 e. The minimum Gasteiger partial charge on any atom is -0.496 e. The number of ketones is 1. The van der Waals surface area contributed by atoms with Crippen LogP contribution in [0.4, 0.5) is 0 Å². The maximum absolute atomic E-state index is 11.8. The van der Waals surface area contributed by atoms with Crippen molar-refractivity contribution >= 4 is 5.78 Å². The Hall–Kier alpha value is -1.31. The van der Waals surface area contributed by atoms with Crippen molar-refractivity contribution in [3.63, 3.8) is 0 Å². The predicted molar refractivity (Wildman–Crippen MR) is 61.7 cm³/mol. The summed E-state index contributed by atoms with van der Waals surface area (Å²) in [5, 5.41) is 0. The Morgan fingerprint density at radius 1 is 1.27 bits per heavy atom. The highest BCUT2D eigenvalue weighted by Crippen LogP contribution is 2.23. The zero-order valence-electron chi connectivity index (χ0n) is 9.89. The molecule has 0 spiro atoms. The maximum Gasteiger partial charge on any atom is 0.163 e. The molecule has 0 saturated carbocycles. The molecule has 1 aromatic rings. The second kappa shape index (κ2) is 4.96. The zero-order valence-corrected chi connectivity index (χ0v) is 9.89. The first kappa shape index (κ1) is 11.8. The van der Waals surface area contributed by atoms with Gasteiger partial charge in [-0.05, 0) is 43.5 Å². The third-order valence-corrected chi connectivity index (χ3v) is 2.52. The van der Waals surface area contributed by atoms with Gasteiger partial charge in [0.25, 0.3) is 0 Å². The van der Waals surface area contributed by atoms with Crippen LogP contribution in [0, 0.1) is 13.8 Å². The van der Waals surface area contributed by atoms with Crippen molar-refractivity contribution in [3.8, 4) is 5.75 Å². The average molecular weight is 206 g/mol. The van der Waals surface area contributed by atoms with Crippen LogP contribution in [0.25, 0.3) is 0 Å². The van der Waals surface area contributed by atoms with Crippen molar-refractivity contribution in [1.82, 2.24) is 0 Å². The fourth-order valence-corrected chi connectivity index (χ4v) is 1.67. The first-order chi connectivity index (χ1) is 7.10. The van der Waals surface area contributed by atoms with Crippen molar-refractivity contribution in [2.24, 2.45) is 0 Å². The molecule has 2 nitrogen and oxygen atoms in total. The van der Waals surface area contributed by atoms with E-state index in [0.29, 0.717) is 6.42 Å². The lowest BCUT2D eigenvalue weighted by molar-refractivity contribution is 0.0981. The maximum atomic E-state index is 11.8. The number of methoxy groups -OCH3 is 1. The largest absolute Gasteiger partial charge is 0.496 e. The zero-order chi connectivity index (χ0) is 11.4. The standard InChI is InChI=1S/C13H18O2/c1-5-6-12(14)11-7-10(3)13(15-4)8-9(11)2/h7-8H,5-6H2,1-4H3. The van der Waals surface area contributed by atoms with Gasteiger partial charge in [0.2, 0.25) is 0 Å². The van der Waals surface area contributed by atoms with Gasteiger partial charge in [-0.25, -0.2) is 0 Å². The van der Waals surface area contributed by atoms with Gasteiger partial charge in [-0.2, -0.15) is 0 Å². The SMILES string of the molecule is CCCC(=O)c1cc(C)c(OC)cc1C. The molecule has 0 amide bonds. The molecule has 0 bridgehead atoms. The van der Waals surface area contributed by atoms with Crippen LogP contribution in [0.2, 0.25) is 0 Å². The van der Waals surface area contributed by atoms with Crippen LogP contribution in [-0.2, 0) is 0 Å². The molecule has 0 unspecified atom stereocenters. The van der Waals surface area contributed by atoms with Gasteiger partial charge >= 0.3 is 0 Å². The molecule has 0 saturated heterocycles.